The van der Waals surface area contributed by atoms with Crippen molar-refractivity contribution >= 4 is 23.0 Å². The van der Waals surface area contributed by atoms with E-state index in [4.69, 9.17) is 18.0 Å². The molecule has 0 spiro atoms. The van der Waals surface area contributed by atoms with Gasteiger partial charge in [-0.25, -0.2) is 0 Å². The van der Waals surface area contributed by atoms with Gasteiger partial charge >= 0.3 is 0 Å². The first-order valence-corrected chi connectivity index (χ1v) is 8.35. The van der Waals surface area contributed by atoms with Crippen molar-refractivity contribution in [3.63, 3.8) is 0 Å². The second-order valence-corrected chi connectivity index (χ2v) is 6.52. The summed E-state index contributed by atoms with van der Waals surface area (Å²) in [5.74, 6) is 1.55. The third kappa shape index (κ3) is 3.18. The zero-order chi connectivity index (χ0) is 15.6. The standard InChI is InChI=1S/C16H26N4S/c1-5-12-13(6-2)18-19-16(14(12)15(17)21)20-9-10(3)7-8-11(20)4/h10-11H,5-9H2,1-4H3,(H2,17,21). The van der Waals surface area contributed by atoms with Crippen molar-refractivity contribution in [2.75, 3.05) is 11.4 Å². The van der Waals surface area contributed by atoms with Crippen LogP contribution in [0.2, 0.25) is 0 Å². The van der Waals surface area contributed by atoms with E-state index in [0.29, 0.717) is 16.9 Å². The highest BCUT2D eigenvalue weighted by Crippen LogP contribution is 2.30. The summed E-state index contributed by atoms with van der Waals surface area (Å²) in [6, 6.07) is 0.459. The summed E-state index contributed by atoms with van der Waals surface area (Å²) in [4.78, 5) is 2.78. The van der Waals surface area contributed by atoms with Crippen molar-refractivity contribution in [2.24, 2.45) is 11.7 Å². The lowest BCUT2D eigenvalue weighted by Gasteiger charge is -2.38. The molecule has 4 nitrogen and oxygen atoms in total. The van der Waals surface area contributed by atoms with E-state index in [1.54, 1.807) is 0 Å². The van der Waals surface area contributed by atoms with Crippen LogP contribution in [0, 0.1) is 5.92 Å². The number of thiocarbonyl (C=S) groups is 1. The molecule has 1 aromatic heterocycles. The summed E-state index contributed by atoms with van der Waals surface area (Å²) >= 11 is 5.33. The number of piperidine rings is 1. The lowest BCUT2D eigenvalue weighted by molar-refractivity contribution is 0.387. The molecule has 0 bridgehead atoms. The van der Waals surface area contributed by atoms with E-state index in [2.05, 4.69) is 42.8 Å². The van der Waals surface area contributed by atoms with Crippen LogP contribution in [0.1, 0.15) is 57.4 Å². The van der Waals surface area contributed by atoms with Gasteiger partial charge in [-0.2, -0.15) is 5.10 Å². The topological polar surface area (TPSA) is 55.0 Å². The maximum atomic E-state index is 6.04. The molecule has 2 heterocycles. The van der Waals surface area contributed by atoms with Crippen LogP contribution in [-0.2, 0) is 12.8 Å². The van der Waals surface area contributed by atoms with Crippen LogP contribution >= 0.6 is 12.2 Å². The molecule has 21 heavy (non-hydrogen) atoms. The molecule has 1 aliphatic heterocycles. The van der Waals surface area contributed by atoms with E-state index < -0.39 is 0 Å². The predicted octanol–water partition coefficient (Wildman–Crippen LogP) is 2.86. The lowest BCUT2D eigenvalue weighted by Crippen LogP contribution is -2.43. The molecule has 2 atom stereocenters. The van der Waals surface area contributed by atoms with Gasteiger partial charge in [-0.3, -0.25) is 0 Å². The molecule has 0 aromatic carbocycles. The van der Waals surface area contributed by atoms with Crippen molar-refractivity contribution in [3.05, 3.63) is 16.8 Å². The van der Waals surface area contributed by atoms with Gasteiger partial charge in [0.05, 0.1) is 11.3 Å². The molecule has 1 saturated heterocycles. The number of hydrogen-bond acceptors (Lipinski definition) is 4. The highest BCUT2D eigenvalue weighted by molar-refractivity contribution is 7.80. The first kappa shape index (κ1) is 16.1. The first-order valence-electron chi connectivity index (χ1n) is 7.94. The molecular weight excluding hydrogens is 280 g/mol. The molecule has 5 heteroatoms. The zero-order valence-electron chi connectivity index (χ0n) is 13.5. The fraction of sp³-hybridized carbons (Fsp3) is 0.688. The Hall–Kier alpha value is -1.23. The van der Waals surface area contributed by atoms with Crippen molar-refractivity contribution in [3.8, 4) is 0 Å². The van der Waals surface area contributed by atoms with Crippen molar-refractivity contribution in [1.82, 2.24) is 10.2 Å². The summed E-state index contributed by atoms with van der Waals surface area (Å²) in [5, 5.41) is 8.94. The van der Waals surface area contributed by atoms with Crippen molar-refractivity contribution < 1.29 is 0 Å². The minimum atomic E-state index is 0.442. The van der Waals surface area contributed by atoms with E-state index >= 15 is 0 Å². The molecule has 116 valence electrons. The highest BCUT2D eigenvalue weighted by Gasteiger charge is 2.28. The zero-order valence-corrected chi connectivity index (χ0v) is 14.3. The van der Waals surface area contributed by atoms with Gasteiger partial charge in [0.2, 0.25) is 0 Å². The van der Waals surface area contributed by atoms with E-state index in [9.17, 15) is 0 Å². The highest BCUT2D eigenvalue weighted by atomic mass is 32.1. The third-order valence-corrected chi connectivity index (χ3v) is 4.67. The Morgan fingerprint density at radius 3 is 2.52 bits per heavy atom. The Kier molecular flexibility index (Phi) is 5.14. The molecule has 0 amide bonds. The number of anilines is 1. The number of nitrogens with zero attached hydrogens (tertiary/aromatic N) is 3. The normalized spacial score (nSPS) is 22.4. The van der Waals surface area contributed by atoms with Crippen molar-refractivity contribution in [1.29, 1.82) is 0 Å². The van der Waals surface area contributed by atoms with Gasteiger partial charge in [0.15, 0.2) is 5.82 Å². The van der Waals surface area contributed by atoms with Crippen LogP contribution in [0.15, 0.2) is 0 Å². The Morgan fingerprint density at radius 1 is 1.24 bits per heavy atom. The van der Waals surface area contributed by atoms with Crippen LogP contribution in [0.5, 0.6) is 0 Å². The fourth-order valence-corrected chi connectivity index (χ4v) is 3.42. The van der Waals surface area contributed by atoms with Gasteiger partial charge in [0, 0.05) is 12.6 Å². The van der Waals surface area contributed by atoms with Crippen LogP contribution in [0.4, 0.5) is 5.82 Å². The maximum absolute atomic E-state index is 6.04. The number of rotatable bonds is 4. The quantitative estimate of drug-likeness (QED) is 0.867. The number of nitrogens with two attached hydrogens (primary N) is 1. The SMILES string of the molecule is CCc1nnc(N2CC(C)CCC2C)c(C(N)=S)c1CC. The molecule has 0 aliphatic carbocycles. The van der Waals surface area contributed by atoms with Crippen LogP contribution < -0.4 is 10.6 Å². The average molecular weight is 306 g/mol. The second-order valence-electron chi connectivity index (χ2n) is 6.08. The summed E-state index contributed by atoms with van der Waals surface area (Å²) in [7, 11) is 0. The van der Waals surface area contributed by atoms with Crippen LogP contribution in [0.3, 0.4) is 0 Å². The van der Waals surface area contributed by atoms with E-state index in [0.717, 1.165) is 36.5 Å². The van der Waals surface area contributed by atoms with Crippen LogP contribution in [0.25, 0.3) is 0 Å². The molecule has 2 N–H and O–H groups in total. The fourth-order valence-electron chi connectivity index (χ4n) is 3.21. The monoisotopic (exact) mass is 306 g/mol. The number of aromatic nitrogens is 2. The molecule has 1 aliphatic rings. The molecule has 0 saturated carbocycles. The Labute approximate surface area is 133 Å². The molecule has 1 aromatic rings. The Morgan fingerprint density at radius 2 is 1.95 bits per heavy atom. The van der Waals surface area contributed by atoms with Gasteiger partial charge in [0.25, 0.3) is 0 Å². The number of hydrogen-bond donors (Lipinski definition) is 1. The molecular formula is C16H26N4S. The van der Waals surface area contributed by atoms with E-state index in [-0.39, 0.29) is 0 Å². The second kappa shape index (κ2) is 6.69. The van der Waals surface area contributed by atoms with Gasteiger partial charge in [0.1, 0.15) is 4.99 Å². The largest absolute Gasteiger partial charge is 0.389 e. The van der Waals surface area contributed by atoms with Gasteiger partial charge in [-0.1, -0.05) is 33.0 Å². The van der Waals surface area contributed by atoms with E-state index in [1.165, 1.54) is 18.4 Å². The predicted molar refractivity (Wildman–Crippen MR) is 91.9 cm³/mol. The molecule has 2 rings (SSSR count). The van der Waals surface area contributed by atoms with Gasteiger partial charge in [-0.15, -0.1) is 5.10 Å². The van der Waals surface area contributed by atoms with Gasteiger partial charge < -0.3 is 10.6 Å². The molecule has 2 unspecified atom stereocenters. The summed E-state index contributed by atoms with van der Waals surface area (Å²) in [6.45, 7) is 9.76. The minimum Gasteiger partial charge on any atom is -0.389 e. The Balaban J connectivity index is 2.54. The smallest absolute Gasteiger partial charge is 0.162 e. The average Bonchev–Trinajstić information content (AvgIpc) is 2.47. The van der Waals surface area contributed by atoms with Crippen molar-refractivity contribution in [2.45, 2.75) is 59.4 Å². The van der Waals surface area contributed by atoms with Gasteiger partial charge in [-0.05, 0) is 44.1 Å². The summed E-state index contributed by atoms with van der Waals surface area (Å²) < 4.78 is 0. The maximum Gasteiger partial charge on any atom is 0.162 e. The first-order chi connectivity index (χ1) is 9.99. The number of aryl methyl sites for hydroxylation is 1. The van der Waals surface area contributed by atoms with E-state index in [1.807, 2.05) is 0 Å². The van der Waals surface area contributed by atoms with Crippen LogP contribution in [-0.4, -0.2) is 27.8 Å². The lowest BCUT2D eigenvalue weighted by atomic mass is 9.94. The Bertz CT molecular complexity index is 529. The molecule has 1 fully saturated rings. The third-order valence-electron chi connectivity index (χ3n) is 4.46. The molecule has 0 radical (unpaired) electrons. The summed E-state index contributed by atoms with van der Waals surface area (Å²) in [6.07, 6.45) is 4.19. The summed E-state index contributed by atoms with van der Waals surface area (Å²) in [5.41, 5.74) is 9.17. The minimum absolute atomic E-state index is 0.442.